The lowest BCUT2D eigenvalue weighted by atomic mass is 10.1. The summed E-state index contributed by atoms with van der Waals surface area (Å²) in [4.78, 5) is 17.1. The number of halogens is 3. The minimum absolute atomic E-state index is 0. The van der Waals surface area contributed by atoms with Crippen molar-refractivity contribution in [1.29, 1.82) is 0 Å². The van der Waals surface area contributed by atoms with E-state index in [1.807, 2.05) is 0 Å². The molecule has 2 fully saturated rings. The first-order valence-electron chi connectivity index (χ1n) is 7.97. The van der Waals surface area contributed by atoms with E-state index in [4.69, 9.17) is 0 Å². The predicted octanol–water partition coefficient (Wildman–Crippen LogP) is -3.20. The van der Waals surface area contributed by atoms with Gasteiger partial charge in [-0.25, -0.2) is 4.39 Å². The molecule has 3 nitrogen and oxygen atoms in total. The van der Waals surface area contributed by atoms with Crippen molar-refractivity contribution < 1.29 is 36.9 Å². The summed E-state index contributed by atoms with van der Waals surface area (Å²) < 4.78 is 12.8. The summed E-state index contributed by atoms with van der Waals surface area (Å²) in [7, 11) is 0. The lowest BCUT2D eigenvalue weighted by Crippen LogP contribution is -3.00. The molecule has 0 aromatic heterocycles. The fraction of sp³-hybridized carbons (Fsp3) is 0.588. The van der Waals surface area contributed by atoms with Crippen LogP contribution in [0.25, 0.3) is 0 Å². The molecule has 2 aliphatic heterocycles. The lowest BCUT2D eigenvalue weighted by Gasteiger charge is -2.37. The van der Waals surface area contributed by atoms with Crippen molar-refractivity contribution in [2.75, 3.05) is 32.7 Å². The first-order valence-corrected chi connectivity index (χ1v) is 7.97. The van der Waals surface area contributed by atoms with Crippen LogP contribution in [0.5, 0.6) is 0 Å². The molecule has 0 bridgehead atoms. The molecular formula is C17H25Cl2FN2O. The van der Waals surface area contributed by atoms with Crippen LogP contribution in [0, 0.1) is 5.82 Å². The molecule has 1 unspecified atom stereocenters. The highest BCUT2D eigenvalue weighted by Gasteiger charge is 2.30. The van der Waals surface area contributed by atoms with Gasteiger partial charge in [-0.2, -0.15) is 0 Å². The third-order valence-corrected chi connectivity index (χ3v) is 4.72. The van der Waals surface area contributed by atoms with Crippen LogP contribution in [0.1, 0.15) is 38.9 Å². The van der Waals surface area contributed by atoms with Gasteiger partial charge in [-0.05, 0) is 56.6 Å². The Kier molecular flexibility index (Phi) is 8.48. The maximum absolute atomic E-state index is 12.8. The Morgan fingerprint density at radius 2 is 1.91 bits per heavy atom. The molecule has 0 N–H and O–H groups in total. The Hall–Kier alpha value is -0.680. The molecule has 1 atom stereocenters. The van der Waals surface area contributed by atoms with Crippen LogP contribution >= 0.6 is 0 Å². The third kappa shape index (κ3) is 5.42. The minimum atomic E-state index is -0.291. The van der Waals surface area contributed by atoms with Crippen LogP contribution in [0.15, 0.2) is 24.3 Å². The highest BCUT2D eigenvalue weighted by Crippen LogP contribution is 2.21. The van der Waals surface area contributed by atoms with Crippen molar-refractivity contribution >= 4 is 5.78 Å². The second kappa shape index (κ2) is 9.58. The zero-order valence-electron chi connectivity index (χ0n) is 15.2. The normalized spacial score (nSPS) is 21.2. The second-order valence-electron chi connectivity index (χ2n) is 6.17. The van der Waals surface area contributed by atoms with Crippen molar-refractivity contribution in [3.63, 3.8) is 0 Å². The molecule has 130 valence electrons. The van der Waals surface area contributed by atoms with Crippen LogP contribution in [-0.4, -0.2) is 54.3 Å². The summed E-state index contributed by atoms with van der Waals surface area (Å²) in [6.45, 7) is 5.72. The molecule has 2 aliphatic rings. The molecule has 2 heterocycles. The number of rotatable bonds is 5. The third-order valence-electron chi connectivity index (χ3n) is 4.72. The topological polar surface area (TPSA) is 23.6 Å². The van der Waals surface area contributed by atoms with E-state index < -0.39 is 0 Å². The smallest absolute Gasteiger partial charge is 1.00 e. The molecule has 1 aromatic rings. The maximum Gasteiger partial charge on any atom is 1.00 e. The molecule has 0 radical (unpaired) electrons. The number of nitrogens with zero attached hydrogens (tertiary/aromatic N) is 2. The Bertz CT molecular complexity index is 508. The summed E-state index contributed by atoms with van der Waals surface area (Å²) in [6.07, 6.45) is 4.10. The molecule has 0 spiro atoms. The van der Waals surface area contributed by atoms with Gasteiger partial charge in [-0.3, -0.25) is 9.69 Å². The standard InChI is InChI=1S/C17H23FN2O.2ClH/c18-15-7-5-14(6-8-15)17(21)4-2-9-19-11-12-20-10-1-3-16(20)13-19;;/h5-8,16H,1-4,9-13H2;2*1H. The predicted molar refractivity (Wildman–Crippen MR) is 83.2 cm³/mol. The Morgan fingerprint density at radius 1 is 1.17 bits per heavy atom. The first-order chi connectivity index (χ1) is 10.2. The highest BCUT2D eigenvalue weighted by atomic mass is 35.5. The van der Waals surface area contributed by atoms with E-state index in [0.717, 1.165) is 32.1 Å². The van der Waals surface area contributed by atoms with Gasteiger partial charge in [0, 0.05) is 37.7 Å². The van der Waals surface area contributed by atoms with E-state index in [1.165, 1.54) is 38.1 Å². The maximum atomic E-state index is 12.8. The highest BCUT2D eigenvalue weighted by molar-refractivity contribution is 5.95. The average Bonchev–Trinajstić information content (AvgIpc) is 2.95. The molecule has 0 amide bonds. The van der Waals surface area contributed by atoms with Crippen molar-refractivity contribution in [3.05, 3.63) is 35.6 Å². The van der Waals surface area contributed by atoms with Gasteiger partial charge in [0.1, 0.15) is 5.82 Å². The van der Waals surface area contributed by atoms with Crippen molar-refractivity contribution in [1.82, 2.24) is 9.80 Å². The van der Waals surface area contributed by atoms with Crippen molar-refractivity contribution in [2.24, 2.45) is 0 Å². The van der Waals surface area contributed by atoms with Gasteiger partial charge in [0.15, 0.2) is 5.78 Å². The van der Waals surface area contributed by atoms with E-state index in [0.29, 0.717) is 12.0 Å². The van der Waals surface area contributed by atoms with E-state index in [2.05, 4.69) is 9.80 Å². The summed E-state index contributed by atoms with van der Waals surface area (Å²) in [6, 6.07) is 6.61. The number of piperazine rings is 1. The lowest BCUT2D eigenvalue weighted by molar-refractivity contribution is -0.00100. The van der Waals surface area contributed by atoms with Crippen LogP contribution < -0.4 is 24.8 Å². The quantitative estimate of drug-likeness (QED) is 0.515. The molecule has 1 aromatic carbocycles. The number of hydrogen-bond acceptors (Lipinski definition) is 3. The largest absolute Gasteiger partial charge is 1.00 e. The van der Waals surface area contributed by atoms with Crippen LogP contribution in [0.4, 0.5) is 4.39 Å². The molecular weight excluding hydrogens is 338 g/mol. The average molecular weight is 363 g/mol. The molecule has 0 saturated carbocycles. The Labute approximate surface area is 153 Å². The van der Waals surface area contributed by atoms with Crippen molar-refractivity contribution in [2.45, 2.75) is 31.7 Å². The summed E-state index contributed by atoms with van der Waals surface area (Å²) in [5, 5.41) is 0. The van der Waals surface area contributed by atoms with Crippen LogP contribution in [-0.2, 0) is 0 Å². The zero-order valence-corrected chi connectivity index (χ0v) is 14.7. The molecule has 6 heteroatoms. The molecule has 2 saturated heterocycles. The molecule has 0 aliphatic carbocycles. The zero-order chi connectivity index (χ0) is 14.7. The monoisotopic (exact) mass is 362 g/mol. The number of fused-ring (bicyclic) bond motifs is 1. The van der Waals surface area contributed by atoms with Gasteiger partial charge >= 0.3 is 2.85 Å². The summed E-state index contributed by atoms with van der Waals surface area (Å²) in [5.74, 6) is -0.171. The van der Waals surface area contributed by atoms with Gasteiger partial charge in [-0.1, -0.05) is 0 Å². The van der Waals surface area contributed by atoms with Gasteiger partial charge in [0.25, 0.3) is 0 Å². The SMILES string of the molecule is O=C(CCCN1CCN2CCCC2C1)c1ccc(F)cc1.[Cl-].[Cl-].[H+].[H+]. The van der Waals surface area contributed by atoms with Gasteiger partial charge in [-0.15, -0.1) is 0 Å². The van der Waals surface area contributed by atoms with Crippen LogP contribution in [0.2, 0.25) is 0 Å². The van der Waals surface area contributed by atoms with Crippen LogP contribution in [0.3, 0.4) is 0 Å². The molecule has 23 heavy (non-hydrogen) atoms. The van der Waals surface area contributed by atoms with E-state index in [9.17, 15) is 9.18 Å². The number of Topliss-reactive ketones (excluding diaryl/α,β-unsaturated/α-hetero) is 1. The van der Waals surface area contributed by atoms with E-state index in [1.54, 1.807) is 12.1 Å². The Morgan fingerprint density at radius 3 is 2.65 bits per heavy atom. The number of carbonyl (C=O) groups is 1. The van der Waals surface area contributed by atoms with Crippen molar-refractivity contribution in [3.8, 4) is 0 Å². The van der Waals surface area contributed by atoms with Gasteiger partial charge in [0.2, 0.25) is 0 Å². The molecule has 3 rings (SSSR count). The minimum Gasteiger partial charge on any atom is -1.00 e. The summed E-state index contributed by atoms with van der Waals surface area (Å²) in [5.41, 5.74) is 0.622. The number of hydrogen-bond donors (Lipinski definition) is 0. The Balaban J connectivity index is 0. The first kappa shape index (κ1) is 20.4. The van der Waals surface area contributed by atoms with E-state index >= 15 is 0 Å². The van der Waals surface area contributed by atoms with E-state index in [-0.39, 0.29) is 39.3 Å². The second-order valence-corrected chi connectivity index (χ2v) is 6.17. The van der Waals surface area contributed by atoms with Gasteiger partial charge in [0.05, 0.1) is 0 Å². The fourth-order valence-corrected chi connectivity index (χ4v) is 3.50. The summed E-state index contributed by atoms with van der Waals surface area (Å²) >= 11 is 0. The number of ketones is 1. The fourth-order valence-electron chi connectivity index (χ4n) is 3.50. The van der Waals surface area contributed by atoms with Gasteiger partial charge < -0.3 is 29.7 Å². The number of carbonyl (C=O) groups excluding carboxylic acids is 1. The number of benzene rings is 1.